The Morgan fingerprint density at radius 1 is 1.39 bits per heavy atom. The number of allylic oxidation sites excluding steroid dienone is 1. The Balaban J connectivity index is 2.82. The van der Waals surface area contributed by atoms with Crippen LogP contribution in [0.4, 0.5) is 0 Å². The highest BCUT2D eigenvalue weighted by molar-refractivity contribution is 5.96. The molecule has 0 heterocycles. The van der Waals surface area contributed by atoms with Crippen LogP contribution in [0.5, 0.6) is 0 Å². The fraction of sp³-hybridized carbons (Fsp3) is 0.615. The molecule has 0 aromatic carbocycles. The van der Waals surface area contributed by atoms with E-state index in [1.807, 2.05) is 0 Å². The van der Waals surface area contributed by atoms with E-state index in [-0.39, 0.29) is 24.0 Å². The molecule has 100 valence electrons. The van der Waals surface area contributed by atoms with Crippen LogP contribution in [0.2, 0.25) is 0 Å². The van der Waals surface area contributed by atoms with E-state index in [4.69, 9.17) is 0 Å². The number of carbonyl (C=O) groups excluding carboxylic acids is 3. The van der Waals surface area contributed by atoms with Crippen LogP contribution in [0, 0.1) is 17.8 Å². The fourth-order valence-corrected chi connectivity index (χ4v) is 2.42. The van der Waals surface area contributed by atoms with Gasteiger partial charge in [0.15, 0.2) is 5.92 Å². The maximum atomic E-state index is 11.7. The van der Waals surface area contributed by atoms with Crippen molar-refractivity contribution < 1.29 is 23.9 Å². The first-order valence-electron chi connectivity index (χ1n) is 5.84. The smallest absolute Gasteiger partial charge is 0.320 e. The number of esters is 2. The van der Waals surface area contributed by atoms with Crippen molar-refractivity contribution in [3.8, 4) is 0 Å². The maximum Gasteiger partial charge on any atom is 0.320 e. The van der Waals surface area contributed by atoms with E-state index in [9.17, 15) is 14.4 Å². The average molecular weight is 254 g/mol. The Labute approximate surface area is 106 Å². The predicted molar refractivity (Wildman–Crippen MR) is 63.6 cm³/mol. The Hall–Kier alpha value is -1.65. The summed E-state index contributed by atoms with van der Waals surface area (Å²) >= 11 is 0. The number of hydrogen-bond acceptors (Lipinski definition) is 5. The number of carbonyl (C=O) groups is 3. The van der Waals surface area contributed by atoms with Crippen LogP contribution < -0.4 is 0 Å². The van der Waals surface area contributed by atoms with Gasteiger partial charge in [-0.3, -0.25) is 14.4 Å². The SMILES string of the molecule is C=CCC1CC(C(C(=O)OC)C(=O)OC)CC1=O. The lowest BCUT2D eigenvalue weighted by atomic mass is 9.89. The lowest BCUT2D eigenvalue weighted by Crippen LogP contribution is -2.32. The number of hydrogen-bond donors (Lipinski definition) is 0. The molecule has 0 N–H and O–H groups in total. The van der Waals surface area contributed by atoms with E-state index < -0.39 is 17.9 Å². The first-order valence-corrected chi connectivity index (χ1v) is 5.84. The van der Waals surface area contributed by atoms with E-state index in [0.717, 1.165) is 0 Å². The van der Waals surface area contributed by atoms with Crippen molar-refractivity contribution in [1.29, 1.82) is 0 Å². The molecule has 0 amide bonds. The summed E-state index contributed by atoms with van der Waals surface area (Å²) in [6.45, 7) is 3.60. The minimum Gasteiger partial charge on any atom is -0.468 e. The van der Waals surface area contributed by atoms with Crippen molar-refractivity contribution in [3.05, 3.63) is 12.7 Å². The number of rotatable bonds is 5. The van der Waals surface area contributed by atoms with Gasteiger partial charge in [0, 0.05) is 12.3 Å². The summed E-state index contributed by atoms with van der Waals surface area (Å²) in [7, 11) is 2.44. The van der Waals surface area contributed by atoms with Crippen molar-refractivity contribution >= 4 is 17.7 Å². The van der Waals surface area contributed by atoms with Crippen molar-refractivity contribution in [1.82, 2.24) is 0 Å². The van der Waals surface area contributed by atoms with Crippen molar-refractivity contribution in [2.45, 2.75) is 19.3 Å². The van der Waals surface area contributed by atoms with E-state index in [1.165, 1.54) is 14.2 Å². The van der Waals surface area contributed by atoms with Crippen LogP contribution in [0.1, 0.15) is 19.3 Å². The van der Waals surface area contributed by atoms with Gasteiger partial charge in [0.1, 0.15) is 5.78 Å². The van der Waals surface area contributed by atoms with Gasteiger partial charge in [-0.1, -0.05) is 6.08 Å². The minimum absolute atomic E-state index is 0.0673. The van der Waals surface area contributed by atoms with Gasteiger partial charge in [0.2, 0.25) is 0 Å². The first-order chi connectivity index (χ1) is 8.54. The van der Waals surface area contributed by atoms with E-state index in [1.54, 1.807) is 6.08 Å². The molecule has 0 bridgehead atoms. The highest BCUT2D eigenvalue weighted by Crippen LogP contribution is 2.36. The summed E-state index contributed by atoms with van der Waals surface area (Å²) in [5, 5.41) is 0. The Morgan fingerprint density at radius 2 is 1.94 bits per heavy atom. The molecule has 1 rings (SSSR count). The van der Waals surface area contributed by atoms with Gasteiger partial charge in [-0.25, -0.2) is 0 Å². The number of ketones is 1. The Kier molecular flexibility index (Phi) is 5.07. The molecule has 0 spiro atoms. The molecule has 0 radical (unpaired) electrons. The number of methoxy groups -OCH3 is 2. The second kappa shape index (κ2) is 6.33. The zero-order valence-electron chi connectivity index (χ0n) is 10.7. The van der Waals surface area contributed by atoms with Gasteiger partial charge in [-0.15, -0.1) is 6.58 Å². The molecular formula is C13H18O5. The van der Waals surface area contributed by atoms with Crippen LogP contribution in [0.15, 0.2) is 12.7 Å². The lowest BCUT2D eigenvalue weighted by molar-refractivity contribution is -0.161. The molecule has 1 aliphatic rings. The molecule has 5 heteroatoms. The molecule has 0 aliphatic heterocycles. The summed E-state index contributed by atoms with van der Waals surface area (Å²) in [4.78, 5) is 35.0. The second-order valence-corrected chi connectivity index (χ2v) is 4.41. The third-order valence-corrected chi connectivity index (χ3v) is 3.34. The third kappa shape index (κ3) is 2.97. The maximum absolute atomic E-state index is 11.7. The van der Waals surface area contributed by atoms with E-state index >= 15 is 0 Å². The zero-order valence-corrected chi connectivity index (χ0v) is 10.7. The molecule has 0 aromatic heterocycles. The van der Waals surface area contributed by atoms with Crippen LogP contribution in [0.3, 0.4) is 0 Å². The Morgan fingerprint density at radius 3 is 2.39 bits per heavy atom. The molecule has 1 aliphatic carbocycles. The molecular weight excluding hydrogens is 236 g/mol. The fourth-order valence-electron chi connectivity index (χ4n) is 2.42. The van der Waals surface area contributed by atoms with Crippen LogP contribution in [-0.2, 0) is 23.9 Å². The molecule has 1 saturated carbocycles. The van der Waals surface area contributed by atoms with Gasteiger partial charge in [0.25, 0.3) is 0 Å². The van der Waals surface area contributed by atoms with E-state index in [0.29, 0.717) is 12.8 Å². The van der Waals surface area contributed by atoms with Gasteiger partial charge >= 0.3 is 11.9 Å². The standard InChI is InChI=1S/C13H18O5/c1-4-5-8-6-9(7-10(8)14)11(12(15)17-2)13(16)18-3/h4,8-9,11H,1,5-7H2,2-3H3. The van der Waals surface area contributed by atoms with Crippen LogP contribution >= 0.6 is 0 Å². The minimum atomic E-state index is -1.00. The summed E-state index contributed by atoms with van der Waals surface area (Å²) in [5.74, 6) is -2.69. The summed E-state index contributed by atoms with van der Waals surface area (Å²) in [6.07, 6.45) is 2.97. The quantitative estimate of drug-likeness (QED) is 0.418. The topological polar surface area (TPSA) is 69.7 Å². The van der Waals surface area contributed by atoms with Crippen molar-refractivity contribution in [2.75, 3.05) is 14.2 Å². The monoisotopic (exact) mass is 254 g/mol. The largest absolute Gasteiger partial charge is 0.468 e. The van der Waals surface area contributed by atoms with Gasteiger partial charge in [0.05, 0.1) is 14.2 Å². The lowest BCUT2D eigenvalue weighted by Gasteiger charge is -2.18. The van der Waals surface area contributed by atoms with Gasteiger partial charge in [-0.2, -0.15) is 0 Å². The number of ether oxygens (including phenoxy) is 2. The van der Waals surface area contributed by atoms with E-state index in [2.05, 4.69) is 16.1 Å². The van der Waals surface area contributed by atoms with Gasteiger partial charge < -0.3 is 9.47 Å². The highest BCUT2D eigenvalue weighted by Gasteiger charge is 2.44. The summed E-state index contributed by atoms with van der Waals surface area (Å²) in [5.41, 5.74) is 0. The molecule has 0 saturated heterocycles. The molecule has 2 atom stereocenters. The third-order valence-electron chi connectivity index (χ3n) is 3.34. The number of Topliss-reactive ketones (excluding diaryl/α,β-unsaturated/α-hetero) is 1. The van der Waals surface area contributed by atoms with Crippen LogP contribution in [-0.4, -0.2) is 31.9 Å². The van der Waals surface area contributed by atoms with Crippen molar-refractivity contribution in [2.24, 2.45) is 17.8 Å². The predicted octanol–water partition coefficient (Wildman–Crippen LogP) is 1.12. The Bertz CT molecular complexity index is 344. The molecule has 1 fully saturated rings. The summed E-state index contributed by atoms with van der Waals surface area (Å²) < 4.78 is 9.21. The molecule has 5 nitrogen and oxygen atoms in total. The average Bonchev–Trinajstić information content (AvgIpc) is 2.70. The molecule has 2 unspecified atom stereocenters. The highest BCUT2D eigenvalue weighted by atomic mass is 16.5. The zero-order chi connectivity index (χ0) is 13.7. The normalized spacial score (nSPS) is 22.9. The summed E-state index contributed by atoms with van der Waals surface area (Å²) in [6, 6.07) is 0. The first kappa shape index (κ1) is 14.4. The van der Waals surface area contributed by atoms with Crippen LogP contribution in [0.25, 0.3) is 0 Å². The second-order valence-electron chi connectivity index (χ2n) is 4.41. The van der Waals surface area contributed by atoms with Crippen molar-refractivity contribution in [3.63, 3.8) is 0 Å². The molecule has 18 heavy (non-hydrogen) atoms. The van der Waals surface area contributed by atoms with Gasteiger partial charge in [-0.05, 0) is 18.8 Å². The molecule has 0 aromatic rings.